The molecule has 1 fully saturated rings. The molecular formula is C15H24N2O. The third-order valence-electron chi connectivity index (χ3n) is 4.75. The molecule has 1 aromatic carbocycles. The number of hydrogen-bond acceptors (Lipinski definition) is 3. The molecule has 4 N–H and O–H groups in total. The van der Waals surface area contributed by atoms with Crippen LogP contribution in [-0.4, -0.2) is 13.7 Å². The lowest BCUT2D eigenvalue weighted by Gasteiger charge is -2.46. The second-order valence-corrected chi connectivity index (χ2v) is 5.50. The predicted octanol–water partition coefficient (Wildman–Crippen LogP) is 2.44. The van der Waals surface area contributed by atoms with Crippen molar-refractivity contribution in [2.75, 3.05) is 13.7 Å². The SMILES string of the molecule is COc1ccc(C(N)C2(CN)CCC2)c(C)c1C. The molecule has 0 aromatic heterocycles. The summed E-state index contributed by atoms with van der Waals surface area (Å²) in [6, 6.07) is 4.16. The maximum absolute atomic E-state index is 6.49. The van der Waals surface area contributed by atoms with Crippen molar-refractivity contribution in [1.29, 1.82) is 0 Å². The number of ether oxygens (including phenoxy) is 1. The van der Waals surface area contributed by atoms with Crippen molar-refractivity contribution in [1.82, 2.24) is 0 Å². The van der Waals surface area contributed by atoms with Crippen molar-refractivity contribution in [3.63, 3.8) is 0 Å². The molecule has 0 aliphatic heterocycles. The molecule has 0 bridgehead atoms. The van der Waals surface area contributed by atoms with Crippen LogP contribution in [0.5, 0.6) is 5.75 Å². The van der Waals surface area contributed by atoms with Crippen LogP contribution in [-0.2, 0) is 0 Å². The van der Waals surface area contributed by atoms with Gasteiger partial charge in [0, 0.05) is 11.5 Å². The molecule has 1 atom stereocenters. The second-order valence-electron chi connectivity index (χ2n) is 5.50. The fourth-order valence-electron chi connectivity index (χ4n) is 2.98. The lowest BCUT2D eigenvalue weighted by Crippen LogP contribution is -2.46. The summed E-state index contributed by atoms with van der Waals surface area (Å²) < 4.78 is 5.35. The smallest absolute Gasteiger partial charge is 0.122 e. The van der Waals surface area contributed by atoms with E-state index in [2.05, 4.69) is 19.9 Å². The van der Waals surface area contributed by atoms with Gasteiger partial charge in [-0.3, -0.25) is 0 Å². The molecule has 1 saturated carbocycles. The van der Waals surface area contributed by atoms with Gasteiger partial charge in [-0.15, -0.1) is 0 Å². The normalized spacial score (nSPS) is 19.2. The van der Waals surface area contributed by atoms with Crippen molar-refractivity contribution < 1.29 is 4.74 Å². The van der Waals surface area contributed by atoms with Gasteiger partial charge in [-0.05, 0) is 56.0 Å². The molecule has 0 saturated heterocycles. The lowest BCUT2D eigenvalue weighted by atomic mass is 9.62. The van der Waals surface area contributed by atoms with Gasteiger partial charge in [0.15, 0.2) is 0 Å². The highest BCUT2D eigenvalue weighted by atomic mass is 16.5. The molecule has 3 nitrogen and oxygen atoms in total. The molecule has 0 amide bonds. The fraction of sp³-hybridized carbons (Fsp3) is 0.600. The Labute approximate surface area is 110 Å². The second kappa shape index (κ2) is 4.90. The Morgan fingerprint density at radius 3 is 2.39 bits per heavy atom. The highest BCUT2D eigenvalue weighted by Gasteiger charge is 2.42. The third kappa shape index (κ3) is 1.91. The summed E-state index contributed by atoms with van der Waals surface area (Å²) in [6.45, 7) is 4.88. The number of methoxy groups -OCH3 is 1. The van der Waals surface area contributed by atoms with Crippen LogP contribution < -0.4 is 16.2 Å². The molecule has 2 rings (SSSR count). The van der Waals surface area contributed by atoms with Crippen LogP contribution in [0, 0.1) is 19.3 Å². The Morgan fingerprint density at radius 2 is 1.94 bits per heavy atom. The van der Waals surface area contributed by atoms with Gasteiger partial charge in [-0.25, -0.2) is 0 Å². The first kappa shape index (κ1) is 13.4. The average Bonchev–Trinajstić information content (AvgIpc) is 2.31. The monoisotopic (exact) mass is 248 g/mol. The first-order valence-electron chi connectivity index (χ1n) is 6.65. The quantitative estimate of drug-likeness (QED) is 0.860. The zero-order valence-electron chi connectivity index (χ0n) is 11.6. The Hall–Kier alpha value is -1.06. The van der Waals surface area contributed by atoms with Crippen LogP contribution in [0.4, 0.5) is 0 Å². The van der Waals surface area contributed by atoms with Crippen LogP contribution in [0.25, 0.3) is 0 Å². The van der Waals surface area contributed by atoms with Crippen molar-refractivity contribution in [2.24, 2.45) is 16.9 Å². The van der Waals surface area contributed by atoms with Gasteiger partial charge in [-0.2, -0.15) is 0 Å². The summed E-state index contributed by atoms with van der Waals surface area (Å²) in [5.41, 5.74) is 16.2. The minimum absolute atomic E-state index is 0.0425. The maximum Gasteiger partial charge on any atom is 0.122 e. The van der Waals surface area contributed by atoms with Crippen molar-refractivity contribution >= 4 is 0 Å². The lowest BCUT2D eigenvalue weighted by molar-refractivity contribution is 0.104. The van der Waals surface area contributed by atoms with E-state index in [1.807, 2.05) is 6.07 Å². The zero-order valence-corrected chi connectivity index (χ0v) is 11.6. The summed E-state index contributed by atoms with van der Waals surface area (Å²) in [7, 11) is 1.70. The van der Waals surface area contributed by atoms with Gasteiger partial charge in [0.2, 0.25) is 0 Å². The maximum atomic E-state index is 6.49. The summed E-state index contributed by atoms with van der Waals surface area (Å²) in [6.07, 6.45) is 3.55. The summed E-state index contributed by atoms with van der Waals surface area (Å²) in [5, 5.41) is 0. The van der Waals surface area contributed by atoms with Gasteiger partial charge in [-0.1, -0.05) is 12.5 Å². The molecule has 1 aliphatic rings. The first-order valence-corrected chi connectivity index (χ1v) is 6.65. The van der Waals surface area contributed by atoms with E-state index in [0.29, 0.717) is 6.54 Å². The molecule has 1 aromatic rings. The van der Waals surface area contributed by atoms with Crippen molar-refractivity contribution in [3.8, 4) is 5.75 Å². The van der Waals surface area contributed by atoms with E-state index >= 15 is 0 Å². The molecule has 18 heavy (non-hydrogen) atoms. The minimum Gasteiger partial charge on any atom is -0.496 e. The highest BCUT2D eigenvalue weighted by molar-refractivity contribution is 5.45. The average molecular weight is 248 g/mol. The van der Waals surface area contributed by atoms with Crippen LogP contribution in [0.15, 0.2) is 12.1 Å². The summed E-state index contributed by atoms with van der Waals surface area (Å²) >= 11 is 0. The molecular weight excluding hydrogens is 224 g/mol. The Balaban J connectivity index is 2.36. The molecule has 3 heteroatoms. The molecule has 0 heterocycles. The van der Waals surface area contributed by atoms with Crippen LogP contribution in [0.2, 0.25) is 0 Å². The van der Waals surface area contributed by atoms with Gasteiger partial charge in [0.05, 0.1) is 7.11 Å². The van der Waals surface area contributed by atoms with E-state index in [-0.39, 0.29) is 11.5 Å². The van der Waals surface area contributed by atoms with E-state index in [1.54, 1.807) is 7.11 Å². The Kier molecular flexibility index (Phi) is 3.64. The predicted molar refractivity (Wildman–Crippen MR) is 74.7 cm³/mol. The van der Waals surface area contributed by atoms with Gasteiger partial charge < -0.3 is 16.2 Å². The molecule has 1 aliphatic carbocycles. The van der Waals surface area contributed by atoms with E-state index in [9.17, 15) is 0 Å². The number of nitrogens with two attached hydrogens (primary N) is 2. The van der Waals surface area contributed by atoms with Crippen LogP contribution in [0.1, 0.15) is 42.0 Å². The molecule has 100 valence electrons. The molecule has 1 unspecified atom stereocenters. The number of rotatable bonds is 4. The first-order chi connectivity index (χ1) is 8.55. The van der Waals surface area contributed by atoms with E-state index in [0.717, 1.165) is 18.6 Å². The minimum atomic E-state index is 0.0425. The van der Waals surface area contributed by atoms with Gasteiger partial charge in [0.25, 0.3) is 0 Å². The molecule has 0 radical (unpaired) electrons. The largest absolute Gasteiger partial charge is 0.496 e. The van der Waals surface area contributed by atoms with Crippen molar-refractivity contribution in [2.45, 2.75) is 39.2 Å². The number of benzene rings is 1. The van der Waals surface area contributed by atoms with Crippen LogP contribution in [0.3, 0.4) is 0 Å². The van der Waals surface area contributed by atoms with Gasteiger partial charge in [0.1, 0.15) is 5.75 Å². The molecule has 0 spiro atoms. The Bertz CT molecular complexity index is 433. The van der Waals surface area contributed by atoms with Crippen LogP contribution >= 0.6 is 0 Å². The highest BCUT2D eigenvalue weighted by Crippen LogP contribution is 2.49. The van der Waals surface area contributed by atoms with Gasteiger partial charge >= 0.3 is 0 Å². The zero-order chi connectivity index (χ0) is 13.3. The number of hydrogen-bond donors (Lipinski definition) is 2. The van der Waals surface area contributed by atoms with Crippen molar-refractivity contribution in [3.05, 3.63) is 28.8 Å². The Morgan fingerprint density at radius 1 is 1.28 bits per heavy atom. The van der Waals surface area contributed by atoms with E-state index < -0.39 is 0 Å². The summed E-state index contributed by atoms with van der Waals surface area (Å²) in [5.74, 6) is 0.929. The fourth-order valence-corrected chi connectivity index (χ4v) is 2.98. The van der Waals surface area contributed by atoms with E-state index in [4.69, 9.17) is 16.2 Å². The standard InChI is InChI=1S/C15H24N2O/c1-10-11(2)13(18-3)6-5-12(10)14(17)15(9-16)7-4-8-15/h5-6,14H,4,7-9,16-17H2,1-3H3. The third-order valence-corrected chi connectivity index (χ3v) is 4.75. The summed E-state index contributed by atoms with van der Waals surface area (Å²) in [4.78, 5) is 0. The topological polar surface area (TPSA) is 61.3 Å². The van der Waals surface area contributed by atoms with E-state index in [1.165, 1.54) is 23.1 Å².